The Hall–Kier alpha value is -1.18. The lowest BCUT2D eigenvalue weighted by atomic mass is 10.1. The van der Waals surface area contributed by atoms with Crippen LogP contribution in [0.1, 0.15) is 31.2 Å². The molecule has 0 spiro atoms. The third-order valence-electron chi connectivity index (χ3n) is 3.90. The number of aliphatic hydroxyl groups excluding tert-OH is 1. The van der Waals surface area contributed by atoms with Crippen LogP contribution in [-0.2, 0) is 10.0 Å². The van der Waals surface area contributed by atoms with E-state index in [0.717, 1.165) is 18.9 Å². The van der Waals surface area contributed by atoms with Crippen molar-refractivity contribution >= 4 is 15.7 Å². The summed E-state index contributed by atoms with van der Waals surface area (Å²) in [6.45, 7) is 2.07. The summed E-state index contributed by atoms with van der Waals surface area (Å²) in [6, 6.07) is 2.25. The summed E-state index contributed by atoms with van der Waals surface area (Å²) < 4.78 is 40.4. The largest absolute Gasteiger partial charge is 0.396 e. The van der Waals surface area contributed by atoms with E-state index < -0.39 is 15.8 Å². The average Bonchev–Trinajstić information content (AvgIpc) is 2.89. The summed E-state index contributed by atoms with van der Waals surface area (Å²) in [5.41, 5.74) is 5.70. The van der Waals surface area contributed by atoms with Crippen molar-refractivity contribution in [3.63, 3.8) is 0 Å². The average molecular weight is 316 g/mol. The lowest BCUT2D eigenvalue weighted by Gasteiger charge is -2.25. The molecule has 1 aromatic carbocycles. The molecule has 1 atom stereocenters. The van der Waals surface area contributed by atoms with Crippen molar-refractivity contribution in [2.45, 2.75) is 43.5 Å². The van der Waals surface area contributed by atoms with E-state index in [0.29, 0.717) is 24.9 Å². The molecule has 3 N–H and O–H groups in total. The first kappa shape index (κ1) is 16.2. The Balaban J connectivity index is 2.35. The fraction of sp³-hybridized carbons (Fsp3) is 0.571. The van der Waals surface area contributed by atoms with E-state index in [9.17, 15) is 12.8 Å². The van der Waals surface area contributed by atoms with Gasteiger partial charge in [0.2, 0.25) is 10.0 Å². The van der Waals surface area contributed by atoms with Gasteiger partial charge in [0.25, 0.3) is 0 Å². The van der Waals surface area contributed by atoms with Crippen LogP contribution in [0.15, 0.2) is 17.0 Å². The number of halogens is 1. The van der Waals surface area contributed by atoms with Gasteiger partial charge in [-0.3, -0.25) is 0 Å². The molecular weight excluding hydrogens is 295 g/mol. The number of rotatable bonds is 5. The van der Waals surface area contributed by atoms with Crippen LogP contribution < -0.4 is 5.73 Å². The normalized spacial score (nSPS) is 20.0. The minimum Gasteiger partial charge on any atom is -0.396 e. The molecule has 1 unspecified atom stereocenters. The number of nitrogens with zero attached hydrogens (tertiary/aromatic N) is 1. The van der Waals surface area contributed by atoms with Crippen molar-refractivity contribution < 1.29 is 17.9 Å². The molecule has 1 fully saturated rings. The smallest absolute Gasteiger partial charge is 0.243 e. The summed E-state index contributed by atoms with van der Waals surface area (Å²) in [7, 11) is -3.68. The van der Waals surface area contributed by atoms with Gasteiger partial charge in [0.15, 0.2) is 0 Å². The first-order chi connectivity index (χ1) is 9.87. The Morgan fingerprint density at radius 1 is 1.48 bits per heavy atom. The fourth-order valence-electron chi connectivity index (χ4n) is 2.81. The molecule has 1 aromatic rings. The Labute approximate surface area is 124 Å². The van der Waals surface area contributed by atoms with Crippen molar-refractivity contribution in [2.24, 2.45) is 0 Å². The topological polar surface area (TPSA) is 83.6 Å². The Kier molecular flexibility index (Phi) is 4.85. The highest BCUT2D eigenvalue weighted by Crippen LogP contribution is 2.31. The van der Waals surface area contributed by atoms with Crippen LogP contribution in [0.3, 0.4) is 0 Å². The van der Waals surface area contributed by atoms with Crippen molar-refractivity contribution in [2.75, 3.05) is 18.9 Å². The lowest BCUT2D eigenvalue weighted by Crippen LogP contribution is -2.36. The third-order valence-corrected chi connectivity index (χ3v) is 5.99. The maximum absolute atomic E-state index is 13.4. The standard InChI is InChI=1S/C14H21FN2O3S/c1-10-8-12(15)13(16)9-14(10)21(19,20)17-6-2-4-11(17)5-3-7-18/h8-9,11,18H,2-7,16H2,1H3. The van der Waals surface area contributed by atoms with Crippen LogP contribution >= 0.6 is 0 Å². The molecule has 0 radical (unpaired) electrons. The van der Waals surface area contributed by atoms with Crippen molar-refractivity contribution in [3.05, 3.63) is 23.5 Å². The molecule has 7 heteroatoms. The molecule has 1 aliphatic rings. The second kappa shape index (κ2) is 6.29. The second-order valence-electron chi connectivity index (χ2n) is 5.42. The number of nitrogens with two attached hydrogens (primary N) is 1. The van der Waals surface area contributed by atoms with Crippen LogP contribution in [0.2, 0.25) is 0 Å². The summed E-state index contributed by atoms with van der Waals surface area (Å²) in [4.78, 5) is 0.0669. The first-order valence-corrected chi connectivity index (χ1v) is 8.50. The number of aliphatic hydroxyl groups is 1. The molecule has 1 heterocycles. The Bertz CT molecular complexity index is 619. The van der Waals surface area contributed by atoms with Gasteiger partial charge in [0, 0.05) is 19.2 Å². The summed E-state index contributed by atoms with van der Waals surface area (Å²) in [5.74, 6) is -0.607. The molecule has 0 bridgehead atoms. The van der Waals surface area contributed by atoms with Crippen LogP contribution in [0.25, 0.3) is 0 Å². The fourth-order valence-corrected chi connectivity index (χ4v) is 4.78. The molecular formula is C14H21FN2O3S. The van der Waals surface area contributed by atoms with E-state index in [-0.39, 0.29) is 23.2 Å². The van der Waals surface area contributed by atoms with E-state index in [4.69, 9.17) is 10.8 Å². The van der Waals surface area contributed by atoms with Gasteiger partial charge in [0.05, 0.1) is 10.6 Å². The number of hydrogen-bond donors (Lipinski definition) is 2. The van der Waals surface area contributed by atoms with Gasteiger partial charge in [-0.1, -0.05) is 0 Å². The molecule has 2 rings (SSSR count). The number of sulfonamides is 1. The Morgan fingerprint density at radius 3 is 2.86 bits per heavy atom. The highest BCUT2D eigenvalue weighted by Gasteiger charge is 2.35. The molecule has 0 amide bonds. The Morgan fingerprint density at radius 2 is 2.19 bits per heavy atom. The quantitative estimate of drug-likeness (QED) is 0.809. The summed E-state index contributed by atoms with van der Waals surface area (Å²) >= 11 is 0. The van der Waals surface area contributed by atoms with Gasteiger partial charge >= 0.3 is 0 Å². The molecule has 1 aliphatic heterocycles. The predicted molar refractivity (Wildman–Crippen MR) is 78.8 cm³/mol. The van der Waals surface area contributed by atoms with Crippen molar-refractivity contribution in [3.8, 4) is 0 Å². The van der Waals surface area contributed by atoms with Crippen LogP contribution in [0.5, 0.6) is 0 Å². The number of aryl methyl sites for hydroxylation is 1. The van der Waals surface area contributed by atoms with E-state index in [2.05, 4.69) is 0 Å². The van der Waals surface area contributed by atoms with Crippen LogP contribution in [-0.4, -0.2) is 37.0 Å². The lowest BCUT2D eigenvalue weighted by molar-refractivity contribution is 0.264. The van der Waals surface area contributed by atoms with E-state index in [1.165, 1.54) is 10.4 Å². The minimum atomic E-state index is -3.68. The minimum absolute atomic E-state index is 0.0485. The van der Waals surface area contributed by atoms with E-state index in [1.807, 2.05) is 0 Å². The highest BCUT2D eigenvalue weighted by atomic mass is 32.2. The summed E-state index contributed by atoms with van der Waals surface area (Å²) in [6.07, 6.45) is 2.78. The van der Waals surface area contributed by atoms with E-state index >= 15 is 0 Å². The highest BCUT2D eigenvalue weighted by molar-refractivity contribution is 7.89. The summed E-state index contributed by atoms with van der Waals surface area (Å²) in [5, 5.41) is 8.92. The number of nitrogen functional groups attached to an aromatic ring is 1. The molecule has 118 valence electrons. The van der Waals surface area contributed by atoms with Gasteiger partial charge in [-0.05, 0) is 50.3 Å². The van der Waals surface area contributed by atoms with E-state index in [1.54, 1.807) is 6.92 Å². The monoisotopic (exact) mass is 316 g/mol. The van der Waals surface area contributed by atoms with Crippen LogP contribution in [0.4, 0.5) is 10.1 Å². The zero-order chi connectivity index (χ0) is 15.6. The number of hydrogen-bond acceptors (Lipinski definition) is 4. The van der Waals surface area contributed by atoms with Crippen molar-refractivity contribution in [1.29, 1.82) is 0 Å². The maximum atomic E-state index is 13.4. The SMILES string of the molecule is Cc1cc(F)c(N)cc1S(=O)(=O)N1CCCC1CCCO. The molecule has 0 aliphatic carbocycles. The second-order valence-corrected chi connectivity index (χ2v) is 7.28. The maximum Gasteiger partial charge on any atom is 0.243 e. The van der Waals surface area contributed by atoms with Crippen LogP contribution in [0, 0.1) is 12.7 Å². The number of anilines is 1. The third kappa shape index (κ3) is 3.20. The predicted octanol–water partition coefficient (Wildman–Crippen LogP) is 1.64. The molecule has 5 nitrogen and oxygen atoms in total. The van der Waals surface area contributed by atoms with Gasteiger partial charge in [-0.15, -0.1) is 0 Å². The molecule has 21 heavy (non-hydrogen) atoms. The molecule has 0 saturated carbocycles. The van der Waals surface area contributed by atoms with Gasteiger partial charge < -0.3 is 10.8 Å². The number of benzene rings is 1. The molecule has 0 aromatic heterocycles. The van der Waals surface area contributed by atoms with Gasteiger partial charge in [-0.2, -0.15) is 4.31 Å². The zero-order valence-electron chi connectivity index (χ0n) is 12.0. The first-order valence-electron chi connectivity index (χ1n) is 7.06. The molecule has 1 saturated heterocycles. The van der Waals surface area contributed by atoms with Gasteiger partial charge in [0.1, 0.15) is 5.82 Å². The van der Waals surface area contributed by atoms with Gasteiger partial charge in [-0.25, -0.2) is 12.8 Å². The zero-order valence-corrected chi connectivity index (χ0v) is 12.9. The van der Waals surface area contributed by atoms with Crippen molar-refractivity contribution in [1.82, 2.24) is 4.31 Å².